The van der Waals surface area contributed by atoms with Crippen LogP contribution in [0.4, 0.5) is 0 Å². The Hall–Kier alpha value is -8.61. The fraction of sp³-hybridized carbons (Fsp3) is 0.0952. The summed E-state index contributed by atoms with van der Waals surface area (Å²) in [5, 5.41) is 7.65. The lowest BCUT2D eigenvalue weighted by atomic mass is 10.0. The van der Waals surface area contributed by atoms with E-state index in [1.807, 2.05) is 0 Å². The molecule has 0 aliphatic carbocycles. The van der Waals surface area contributed by atoms with Crippen molar-refractivity contribution in [2.45, 2.75) is 40.4 Å². The number of hydrogen-bond acceptors (Lipinski definition) is 3. The van der Waals surface area contributed by atoms with Crippen molar-refractivity contribution in [3.8, 4) is 67.5 Å². The van der Waals surface area contributed by atoms with Gasteiger partial charge in [-0.1, -0.05) is 146 Å². The average molecular weight is 889 g/mol. The molecule has 0 unspecified atom stereocenters. The molecular weight excluding hydrogens is 841 g/mol. The number of aryl methyl sites for hydroxylation is 3. The van der Waals surface area contributed by atoms with Gasteiger partial charge in [0.25, 0.3) is 0 Å². The highest BCUT2D eigenvalue weighted by Crippen LogP contribution is 2.37. The summed E-state index contributed by atoms with van der Waals surface area (Å²) in [4.78, 5) is 15.5. The van der Waals surface area contributed by atoms with Gasteiger partial charge in [0.1, 0.15) is 0 Å². The first-order valence-corrected chi connectivity index (χ1v) is 24.2. The van der Waals surface area contributed by atoms with Gasteiger partial charge in [-0.05, 0) is 109 Å². The molecule has 0 amide bonds. The minimum absolute atomic E-state index is 0.631. The van der Waals surface area contributed by atoms with Crippen molar-refractivity contribution >= 4 is 65.4 Å². The normalized spacial score (nSPS) is 11.9. The van der Waals surface area contributed by atoms with Crippen molar-refractivity contribution in [2.75, 3.05) is 0 Å². The van der Waals surface area contributed by atoms with Crippen LogP contribution in [0.5, 0.6) is 0 Å². The second-order valence-corrected chi connectivity index (χ2v) is 18.0. The SMILES string of the molecule is CCn1c2ccccc2c2cc(-c3ccc(-c4nc(-c5ccc(-c6ccc7c(c6)c6ccccc6n7CC)cc5)nc(-c5ccc(-c6ccc7c(c6)c6ccccc6n7CC)cc5)n4)cc3)ccc21. The molecule has 0 fully saturated rings. The maximum absolute atomic E-state index is 5.18. The van der Waals surface area contributed by atoms with Gasteiger partial charge in [-0.3, -0.25) is 0 Å². The highest BCUT2D eigenvalue weighted by Gasteiger charge is 2.17. The Balaban J connectivity index is 0.877. The Morgan fingerprint density at radius 2 is 0.478 bits per heavy atom. The molecule has 6 heteroatoms. The largest absolute Gasteiger partial charge is 0.341 e. The number of nitrogens with zero attached hydrogens (tertiary/aromatic N) is 6. The molecule has 13 aromatic rings. The Labute approximate surface area is 400 Å². The summed E-state index contributed by atoms with van der Waals surface area (Å²) in [6.45, 7) is 9.40. The van der Waals surface area contributed by atoms with E-state index >= 15 is 0 Å². The molecule has 0 aliphatic heterocycles. The maximum atomic E-state index is 5.18. The van der Waals surface area contributed by atoms with Gasteiger partial charge in [-0.15, -0.1) is 0 Å². The van der Waals surface area contributed by atoms with Crippen LogP contribution in [0.15, 0.2) is 200 Å². The number of fused-ring (bicyclic) bond motifs is 9. The van der Waals surface area contributed by atoms with Crippen LogP contribution in [-0.2, 0) is 19.6 Å². The fourth-order valence-corrected chi connectivity index (χ4v) is 10.9. The zero-order valence-electron chi connectivity index (χ0n) is 38.9. The zero-order chi connectivity index (χ0) is 46.2. The second kappa shape index (κ2) is 16.3. The molecule has 13 rings (SSSR count). The molecule has 4 aromatic heterocycles. The Morgan fingerprint density at radius 1 is 0.246 bits per heavy atom. The third-order valence-corrected chi connectivity index (χ3v) is 14.3. The van der Waals surface area contributed by atoms with Crippen molar-refractivity contribution in [3.05, 3.63) is 200 Å². The van der Waals surface area contributed by atoms with E-state index in [0.717, 1.165) is 53.0 Å². The highest BCUT2D eigenvalue weighted by molar-refractivity contribution is 6.11. The van der Waals surface area contributed by atoms with Gasteiger partial charge >= 0.3 is 0 Å². The van der Waals surface area contributed by atoms with E-state index in [2.05, 4.69) is 235 Å². The number of para-hydroxylation sites is 3. The van der Waals surface area contributed by atoms with Crippen molar-refractivity contribution in [3.63, 3.8) is 0 Å². The van der Waals surface area contributed by atoms with Crippen LogP contribution in [0.1, 0.15) is 20.8 Å². The molecule has 0 saturated carbocycles. The molecular formula is C63H48N6. The quantitative estimate of drug-likeness (QED) is 0.145. The number of rotatable bonds is 9. The minimum atomic E-state index is 0.631. The van der Waals surface area contributed by atoms with Crippen LogP contribution < -0.4 is 0 Å². The molecule has 4 heterocycles. The Bertz CT molecular complexity index is 3670. The van der Waals surface area contributed by atoms with Crippen molar-refractivity contribution in [2.24, 2.45) is 0 Å². The molecule has 0 spiro atoms. The van der Waals surface area contributed by atoms with Crippen molar-refractivity contribution < 1.29 is 0 Å². The number of benzene rings is 9. The molecule has 0 N–H and O–H groups in total. The highest BCUT2D eigenvalue weighted by atomic mass is 15.0. The van der Waals surface area contributed by atoms with Gasteiger partial charge in [0.2, 0.25) is 0 Å². The summed E-state index contributed by atoms with van der Waals surface area (Å²) < 4.78 is 7.19. The molecule has 9 aromatic carbocycles. The summed E-state index contributed by atoms with van der Waals surface area (Å²) in [6, 6.07) is 72.5. The van der Waals surface area contributed by atoms with E-state index in [9.17, 15) is 0 Å². The van der Waals surface area contributed by atoms with E-state index in [0.29, 0.717) is 17.5 Å². The average Bonchev–Trinajstić information content (AvgIpc) is 4.05. The summed E-state index contributed by atoms with van der Waals surface area (Å²) in [5.41, 5.74) is 17.3. The van der Waals surface area contributed by atoms with E-state index < -0.39 is 0 Å². The molecule has 0 radical (unpaired) electrons. The topological polar surface area (TPSA) is 53.5 Å². The number of hydrogen-bond donors (Lipinski definition) is 0. The smallest absolute Gasteiger partial charge is 0.164 e. The lowest BCUT2D eigenvalue weighted by molar-refractivity contribution is 0.827. The summed E-state index contributed by atoms with van der Waals surface area (Å²) in [6.07, 6.45) is 0. The second-order valence-electron chi connectivity index (χ2n) is 18.0. The van der Waals surface area contributed by atoms with Crippen LogP contribution in [0, 0.1) is 0 Å². The third-order valence-electron chi connectivity index (χ3n) is 14.3. The lowest BCUT2D eigenvalue weighted by Gasteiger charge is -2.11. The first-order valence-electron chi connectivity index (χ1n) is 24.2. The third kappa shape index (κ3) is 6.66. The summed E-state index contributed by atoms with van der Waals surface area (Å²) in [7, 11) is 0. The van der Waals surface area contributed by atoms with E-state index in [-0.39, 0.29) is 0 Å². The van der Waals surface area contributed by atoms with Crippen LogP contribution in [-0.4, -0.2) is 28.7 Å². The van der Waals surface area contributed by atoms with E-state index in [1.54, 1.807) is 0 Å². The number of aromatic nitrogens is 6. The fourth-order valence-electron chi connectivity index (χ4n) is 10.9. The van der Waals surface area contributed by atoms with Gasteiger partial charge in [0.15, 0.2) is 17.5 Å². The monoisotopic (exact) mass is 888 g/mol. The predicted octanol–water partition coefficient (Wildman–Crippen LogP) is 16.3. The Morgan fingerprint density at radius 3 is 0.754 bits per heavy atom. The first kappa shape index (κ1) is 40.6. The molecule has 69 heavy (non-hydrogen) atoms. The van der Waals surface area contributed by atoms with Crippen LogP contribution in [0.2, 0.25) is 0 Å². The van der Waals surface area contributed by atoms with Crippen LogP contribution >= 0.6 is 0 Å². The first-order chi connectivity index (χ1) is 34.0. The molecule has 0 atom stereocenters. The summed E-state index contributed by atoms with van der Waals surface area (Å²) in [5.74, 6) is 1.89. The Kier molecular flexibility index (Phi) is 9.61. The summed E-state index contributed by atoms with van der Waals surface area (Å²) >= 11 is 0. The van der Waals surface area contributed by atoms with Gasteiger partial charge in [-0.25, -0.2) is 15.0 Å². The van der Waals surface area contributed by atoms with Crippen LogP contribution in [0.25, 0.3) is 133 Å². The predicted molar refractivity (Wildman–Crippen MR) is 288 cm³/mol. The van der Waals surface area contributed by atoms with Gasteiger partial charge in [0, 0.05) is 102 Å². The minimum Gasteiger partial charge on any atom is -0.341 e. The zero-order valence-corrected chi connectivity index (χ0v) is 38.9. The lowest BCUT2D eigenvalue weighted by Crippen LogP contribution is -2.00. The van der Waals surface area contributed by atoms with E-state index in [4.69, 9.17) is 15.0 Å². The molecule has 0 aliphatic rings. The van der Waals surface area contributed by atoms with Gasteiger partial charge in [-0.2, -0.15) is 0 Å². The van der Waals surface area contributed by atoms with Crippen molar-refractivity contribution in [1.29, 1.82) is 0 Å². The van der Waals surface area contributed by atoms with Crippen molar-refractivity contribution in [1.82, 2.24) is 28.7 Å². The van der Waals surface area contributed by atoms with E-state index in [1.165, 1.54) is 82.1 Å². The maximum Gasteiger partial charge on any atom is 0.164 e. The molecule has 0 bridgehead atoms. The molecule has 0 saturated heterocycles. The molecule has 330 valence electrons. The van der Waals surface area contributed by atoms with Crippen LogP contribution in [0.3, 0.4) is 0 Å². The molecule has 6 nitrogen and oxygen atoms in total. The van der Waals surface area contributed by atoms with Gasteiger partial charge < -0.3 is 13.7 Å². The van der Waals surface area contributed by atoms with Gasteiger partial charge in [0.05, 0.1) is 0 Å². The standard InChI is InChI=1S/C63H48N6/c1-4-67-55-16-10-7-13-49(55)52-37-46(31-34-58(52)67)40-19-25-43(26-20-40)61-64-62(44-27-21-41(22-28-44)47-32-35-59-53(38-47)50-14-8-11-17-56(50)68(59)5-2)66-63(65-61)45-29-23-42(24-30-45)48-33-36-60-54(39-48)51-15-9-12-18-57(51)69(60)6-3/h7-39H,4-6H2,1-3H3.